The fraction of sp³-hybridized carbons (Fsp3) is 0.684. The molecule has 1 aliphatic carbocycles. The molecule has 1 unspecified atom stereocenters. The molecule has 4 heteroatoms. The van der Waals surface area contributed by atoms with Crippen molar-refractivity contribution in [1.82, 2.24) is 9.88 Å². The van der Waals surface area contributed by atoms with Crippen LogP contribution in [0.1, 0.15) is 69.4 Å². The number of likely N-dealkylation sites (tertiary alicyclic amines) is 1. The summed E-state index contributed by atoms with van der Waals surface area (Å²) < 4.78 is 0. The van der Waals surface area contributed by atoms with Crippen LogP contribution in [0.15, 0.2) is 24.5 Å². The number of aliphatic hydroxyl groups is 1. The zero-order valence-electron chi connectivity index (χ0n) is 13.9. The molecule has 0 bridgehead atoms. The van der Waals surface area contributed by atoms with Crippen LogP contribution in [0.2, 0.25) is 0 Å². The fourth-order valence-corrected chi connectivity index (χ4v) is 4.11. The molecule has 1 saturated carbocycles. The molecule has 126 valence electrons. The standard InChI is InChI=1S/C19H28N2O2/c22-18-8-4-3-6-16(18)14-19(23)21-13-5-1-2-7-17(21)15-9-11-20-12-10-15/h9-12,16-18,22H,1-8,13-14H2/t16-,17?,18+/m1/s1. The summed E-state index contributed by atoms with van der Waals surface area (Å²) in [4.78, 5) is 19.1. The van der Waals surface area contributed by atoms with Crippen molar-refractivity contribution in [3.63, 3.8) is 0 Å². The number of amides is 1. The lowest BCUT2D eigenvalue weighted by molar-refractivity contribution is -0.136. The van der Waals surface area contributed by atoms with Gasteiger partial charge in [-0.2, -0.15) is 0 Å². The monoisotopic (exact) mass is 316 g/mol. The zero-order chi connectivity index (χ0) is 16.1. The summed E-state index contributed by atoms with van der Waals surface area (Å²) in [5.74, 6) is 0.372. The van der Waals surface area contributed by atoms with Crippen LogP contribution in [-0.2, 0) is 4.79 Å². The molecule has 0 aromatic carbocycles. The summed E-state index contributed by atoms with van der Waals surface area (Å²) in [6.45, 7) is 0.842. The zero-order valence-corrected chi connectivity index (χ0v) is 13.9. The van der Waals surface area contributed by atoms with Gasteiger partial charge in [0.1, 0.15) is 0 Å². The lowest BCUT2D eigenvalue weighted by atomic mass is 9.84. The summed E-state index contributed by atoms with van der Waals surface area (Å²) in [6.07, 6.45) is 12.4. The van der Waals surface area contributed by atoms with Crippen molar-refractivity contribution in [2.75, 3.05) is 6.54 Å². The number of carbonyl (C=O) groups excluding carboxylic acids is 1. The normalized spacial score (nSPS) is 29.1. The molecule has 0 spiro atoms. The average Bonchev–Trinajstić information content (AvgIpc) is 2.84. The van der Waals surface area contributed by atoms with Crippen molar-refractivity contribution in [2.24, 2.45) is 5.92 Å². The minimum Gasteiger partial charge on any atom is -0.393 e. The van der Waals surface area contributed by atoms with Crippen molar-refractivity contribution >= 4 is 5.91 Å². The molecule has 3 rings (SSSR count). The Balaban J connectivity index is 1.72. The van der Waals surface area contributed by atoms with Gasteiger partial charge in [0, 0.05) is 25.4 Å². The number of hydrogen-bond acceptors (Lipinski definition) is 3. The Morgan fingerprint density at radius 1 is 1.09 bits per heavy atom. The topological polar surface area (TPSA) is 53.4 Å². The third-order valence-corrected chi connectivity index (χ3v) is 5.47. The number of pyridine rings is 1. The quantitative estimate of drug-likeness (QED) is 0.929. The predicted molar refractivity (Wildman–Crippen MR) is 89.7 cm³/mol. The lowest BCUT2D eigenvalue weighted by Gasteiger charge is -2.34. The first kappa shape index (κ1) is 16.4. The van der Waals surface area contributed by atoms with E-state index in [4.69, 9.17) is 0 Å². The van der Waals surface area contributed by atoms with E-state index in [0.29, 0.717) is 6.42 Å². The van der Waals surface area contributed by atoms with E-state index < -0.39 is 0 Å². The van der Waals surface area contributed by atoms with Gasteiger partial charge < -0.3 is 10.0 Å². The van der Waals surface area contributed by atoms with Crippen LogP contribution in [0.25, 0.3) is 0 Å². The van der Waals surface area contributed by atoms with Crippen LogP contribution < -0.4 is 0 Å². The van der Waals surface area contributed by atoms with Gasteiger partial charge in [-0.1, -0.05) is 25.7 Å². The van der Waals surface area contributed by atoms with Crippen LogP contribution in [0.5, 0.6) is 0 Å². The van der Waals surface area contributed by atoms with Gasteiger partial charge in [-0.15, -0.1) is 0 Å². The Kier molecular flexibility index (Phi) is 5.65. The maximum atomic E-state index is 12.9. The summed E-state index contributed by atoms with van der Waals surface area (Å²) in [7, 11) is 0. The number of rotatable bonds is 3. The molecule has 1 aliphatic heterocycles. The van der Waals surface area contributed by atoms with Gasteiger partial charge in [-0.3, -0.25) is 9.78 Å². The first-order valence-corrected chi connectivity index (χ1v) is 9.13. The average molecular weight is 316 g/mol. The minimum absolute atomic E-state index is 0.151. The summed E-state index contributed by atoms with van der Waals surface area (Å²) >= 11 is 0. The largest absolute Gasteiger partial charge is 0.393 e. The van der Waals surface area contributed by atoms with Crippen molar-refractivity contribution in [3.05, 3.63) is 30.1 Å². The molecule has 1 aromatic rings. The van der Waals surface area contributed by atoms with Gasteiger partial charge in [-0.25, -0.2) is 0 Å². The first-order chi connectivity index (χ1) is 11.3. The third kappa shape index (κ3) is 4.11. The Labute approximate surface area is 138 Å². The van der Waals surface area contributed by atoms with Gasteiger partial charge in [-0.05, 0) is 49.3 Å². The number of hydrogen-bond donors (Lipinski definition) is 1. The number of aliphatic hydroxyl groups excluding tert-OH is 1. The maximum Gasteiger partial charge on any atom is 0.223 e. The van der Waals surface area contributed by atoms with E-state index in [1.807, 2.05) is 24.5 Å². The summed E-state index contributed by atoms with van der Waals surface area (Å²) in [5, 5.41) is 10.2. The van der Waals surface area contributed by atoms with Gasteiger partial charge in [0.25, 0.3) is 0 Å². The maximum absolute atomic E-state index is 12.9. The van der Waals surface area contributed by atoms with Crippen LogP contribution in [0.3, 0.4) is 0 Å². The first-order valence-electron chi connectivity index (χ1n) is 9.13. The molecular weight excluding hydrogens is 288 g/mol. The molecule has 2 fully saturated rings. The Morgan fingerprint density at radius 3 is 2.61 bits per heavy atom. The fourth-order valence-electron chi connectivity index (χ4n) is 4.11. The van der Waals surface area contributed by atoms with Gasteiger partial charge in [0.2, 0.25) is 5.91 Å². The molecule has 3 atom stereocenters. The molecule has 4 nitrogen and oxygen atoms in total. The van der Waals surface area contributed by atoms with Crippen LogP contribution in [0.4, 0.5) is 0 Å². The van der Waals surface area contributed by atoms with E-state index in [0.717, 1.165) is 45.1 Å². The van der Waals surface area contributed by atoms with Crippen LogP contribution in [0, 0.1) is 5.92 Å². The highest BCUT2D eigenvalue weighted by atomic mass is 16.3. The van der Waals surface area contributed by atoms with Crippen LogP contribution >= 0.6 is 0 Å². The number of aromatic nitrogens is 1. The molecule has 1 aromatic heterocycles. The third-order valence-electron chi connectivity index (χ3n) is 5.47. The SMILES string of the molecule is O=C(C[C@H]1CCCC[C@@H]1O)N1CCCCCC1c1ccncc1. The smallest absolute Gasteiger partial charge is 0.223 e. The van der Waals surface area contributed by atoms with Gasteiger partial charge in [0.05, 0.1) is 12.1 Å². The van der Waals surface area contributed by atoms with Gasteiger partial charge >= 0.3 is 0 Å². The van der Waals surface area contributed by atoms with Crippen LogP contribution in [-0.4, -0.2) is 33.5 Å². The molecule has 1 amide bonds. The van der Waals surface area contributed by atoms with E-state index in [1.54, 1.807) is 0 Å². The number of nitrogens with zero attached hydrogens (tertiary/aromatic N) is 2. The van der Waals surface area contributed by atoms with Gasteiger partial charge in [0.15, 0.2) is 0 Å². The second kappa shape index (κ2) is 7.91. The Bertz CT molecular complexity index is 505. The Morgan fingerprint density at radius 2 is 1.83 bits per heavy atom. The molecule has 1 saturated heterocycles. The summed E-state index contributed by atoms with van der Waals surface area (Å²) in [6, 6.07) is 4.24. The van der Waals surface area contributed by atoms with E-state index in [1.165, 1.54) is 18.4 Å². The Hall–Kier alpha value is -1.42. The second-order valence-electron chi connectivity index (χ2n) is 7.05. The van der Waals surface area contributed by atoms with E-state index in [9.17, 15) is 9.90 Å². The summed E-state index contributed by atoms with van der Waals surface area (Å²) in [5.41, 5.74) is 1.19. The number of carbonyl (C=O) groups is 1. The minimum atomic E-state index is -0.293. The molecule has 1 N–H and O–H groups in total. The highest BCUT2D eigenvalue weighted by Crippen LogP contribution is 2.33. The van der Waals surface area contributed by atoms with E-state index >= 15 is 0 Å². The van der Waals surface area contributed by atoms with E-state index in [-0.39, 0.29) is 24.0 Å². The molecule has 0 radical (unpaired) electrons. The molecular formula is C19H28N2O2. The lowest BCUT2D eigenvalue weighted by Crippen LogP contribution is -2.38. The highest BCUT2D eigenvalue weighted by Gasteiger charge is 2.31. The molecule has 2 heterocycles. The predicted octanol–water partition coefficient (Wildman–Crippen LogP) is 3.47. The van der Waals surface area contributed by atoms with Crippen molar-refractivity contribution in [2.45, 2.75) is 69.9 Å². The van der Waals surface area contributed by atoms with Crippen molar-refractivity contribution in [1.29, 1.82) is 0 Å². The van der Waals surface area contributed by atoms with E-state index in [2.05, 4.69) is 9.88 Å². The molecule has 2 aliphatic rings. The van der Waals surface area contributed by atoms with Crippen molar-refractivity contribution < 1.29 is 9.90 Å². The second-order valence-corrected chi connectivity index (χ2v) is 7.05. The van der Waals surface area contributed by atoms with Crippen molar-refractivity contribution in [3.8, 4) is 0 Å². The molecule has 23 heavy (non-hydrogen) atoms. The highest BCUT2D eigenvalue weighted by molar-refractivity contribution is 5.77.